The van der Waals surface area contributed by atoms with E-state index in [-0.39, 0.29) is 5.97 Å². The molecule has 0 saturated carbocycles. The maximum Gasteiger partial charge on any atom is 0.319 e. The molecule has 0 aromatic rings. The molecular weight excluding hydrogens is 178 g/mol. The van der Waals surface area contributed by atoms with E-state index in [4.69, 9.17) is 0 Å². The van der Waals surface area contributed by atoms with Gasteiger partial charge in [-0.15, -0.1) is 0 Å². The molecule has 0 N–H and O–H groups in total. The van der Waals surface area contributed by atoms with Crippen molar-refractivity contribution >= 4 is 5.97 Å². The average Bonchev–Trinajstić information content (AvgIpc) is 2.59. The van der Waals surface area contributed by atoms with Crippen molar-refractivity contribution in [2.45, 2.75) is 12.8 Å². The van der Waals surface area contributed by atoms with E-state index in [9.17, 15) is 4.79 Å². The Hall–Kier alpha value is -0.830. The molecule has 2 aliphatic rings. The van der Waals surface area contributed by atoms with Gasteiger partial charge in [-0.05, 0) is 24.7 Å². The minimum Gasteiger partial charge on any atom is -0.468 e. The second kappa shape index (κ2) is 4.13. The zero-order valence-electron chi connectivity index (χ0n) is 8.61. The molecule has 1 aliphatic heterocycles. The highest BCUT2D eigenvalue weighted by molar-refractivity contribution is 5.71. The van der Waals surface area contributed by atoms with Crippen molar-refractivity contribution < 1.29 is 9.53 Å². The number of likely N-dealkylation sites (tertiary alicyclic amines) is 1. The second-order valence-electron chi connectivity index (χ2n) is 4.23. The summed E-state index contributed by atoms with van der Waals surface area (Å²) in [5.41, 5.74) is 0. The van der Waals surface area contributed by atoms with Crippen LogP contribution in [0.1, 0.15) is 12.8 Å². The largest absolute Gasteiger partial charge is 0.468 e. The molecule has 0 aromatic carbocycles. The summed E-state index contributed by atoms with van der Waals surface area (Å²) in [7, 11) is 1.45. The average molecular weight is 195 g/mol. The number of hydrogen-bond donors (Lipinski definition) is 0. The number of carbonyl (C=O) groups excluding carboxylic acids is 1. The number of allylic oxidation sites excluding steroid dienone is 2. The molecular formula is C11H17NO2. The van der Waals surface area contributed by atoms with E-state index in [0.717, 1.165) is 24.9 Å². The number of rotatable bonds is 2. The van der Waals surface area contributed by atoms with Crippen LogP contribution >= 0.6 is 0 Å². The van der Waals surface area contributed by atoms with Gasteiger partial charge in [-0.3, -0.25) is 9.69 Å². The smallest absolute Gasteiger partial charge is 0.319 e. The molecule has 3 nitrogen and oxygen atoms in total. The normalized spacial score (nSPS) is 31.5. The highest BCUT2D eigenvalue weighted by Gasteiger charge is 2.33. The summed E-state index contributed by atoms with van der Waals surface area (Å²) in [6.07, 6.45) is 6.90. The minimum atomic E-state index is -0.114. The van der Waals surface area contributed by atoms with Gasteiger partial charge in [0.05, 0.1) is 13.7 Å². The van der Waals surface area contributed by atoms with Crippen LogP contribution in [-0.2, 0) is 9.53 Å². The van der Waals surface area contributed by atoms with Crippen molar-refractivity contribution in [3.05, 3.63) is 12.2 Å². The summed E-state index contributed by atoms with van der Waals surface area (Å²) in [6.45, 7) is 2.58. The third kappa shape index (κ3) is 1.98. The van der Waals surface area contributed by atoms with Gasteiger partial charge < -0.3 is 4.74 Å². The van der Waals surface area contributed by atoms with Crippen molar-refractivity contribution in [2.75, 3.05) is 26.7 Å². The number of methoxy groups -OCH3 is 1. The Morgan fingerprint density at radius 3 is 2.43 bits per heavy atom. The lowest BCUT2D eigenvalue weighted by Crippen LogP contribution is -2.28. The summed E-state index contributed by atoms with van der Waals surface area (Å²) in [6, 6.07) is 0. The monoisotopic (exact) mass is 195 g/mol. The maximum absolute atomic E-state index is 11.1. The molecule has 0 bridgehead atoms. The molecule has 0 spiro atoms. The van der Waals surface area contributed by atoms with Gasteiger partial charge >= 0.3 is 5.97 Å². The highest BCUT2D eigenvalue weighted by atomic mass is 16.5. The first-order valence-corrected chi connectivity index (χ1v) is 5.23. The molecule has 1 aliphatic carbocycles. The van der Waals surface area contributed by atoms with Crippen LogP contribution in [-0.4, -0.2) is 37.6 Å². The lowest BCUT2D eigenvalue weighted by Gasteiger charge is -2.18. The number of esters is 1. The van der Waals surface area contributed by atoms with Gasteiger partial charge in [-0.25, -0.2) is 0 Å². The zero-order chi connectivity index (χ0) is 9.97. The third-order valence-corrected chi connectivity index (χ3v) is 3.28. The van der Waals surface area contributed by atoms with Crippen LogP contribution < -0.4 is 0 Å². The number of nitrogens with zero attached hydrogens (tertiary/aromatic N) is 1. The highest BCUT2D eigenvalue weighted by Crippen LogP contribution is 2.32. The van der Waals surface area contributed by atoms with Crippen LogP contribution in [0.3, 0.4) is 0 Å². The molecule has 0 radical (unpaired) electrons. The fourth-order valence-electron chi connectivity index (χ4n) is 2.49. The molecule has 0 unspecified atom stereocenters. The Bertz CT molecular complexity index is 234. The molecule has 0 amide bonds. The number of fused-ring (bicyclic) bond motifs is 1. The van der Waals surface area contributed by atoms with Gasteiger partial charge in [0, 0.05) is 13.1 Å². The summed E-state index contributed by atoms with van der Waals surface area (Å²) in [5.74, 6) is 1.42. The molecule has 1 fully saturated rings. The van der Waals surface area contributed by atoms with Crippen molar-refractivity contribution in [3.63, 3.8) is 0 Å². The molecule has 78 valence electrons. The van der Waals surface area contributed by atoms with E-state index >= 15 is 0 Å². The van der Waals surface area contributed by atoms with E-state index in [1.807, 2.05) is 0 Å². The molecule has 3 heteroatoms. The fraction of sp³-hybridized carbons (Fsp3) is 0.727. The summed E-state index contributed by atoms with van der Waals surface area (Å²) >= 11 is 0. The Morgan fingerprint density at radius 1 is 1.36 bits per heavy atom. The van der Waals surface area contributed by atoms with Gasteiger partial charge in [0.25, 0.3) is 0 Å². The summed E-state index contributed by atoms with van der Waals surface area (Å²) < 4.78 is 4.67. The van der Waals surface area contributed by atoms with Crippen LogP contribution in [0, 0.1) is 11.8 Å². The van der Waals surface area contributed by atoms with Gasteiger partial charge in [0.2, 0.25) is 0 Å². The molecule has 14 heavy (non-hydrogen) atoms. The van der Waals surface area contributed by atoms with E-state index < -0.39 is 0 Å². The Balaban J connectivity index is 1.86. The Labute approximate surface area is 84.7 Å². The topological polar surface area (TPSA) is 29.5 Å². The Morgan fingerprint density at radius 2 is 1.93 bits per heavy atom. The first-order chi connectivity index (χ1) is 6.79. The first-order valence-electron chi connectivity index (χ1n) is 5.23. The predicted octanol–water partition coefficient (Wildman–Crippen LogP) is 1.06. The zero-order valence-corrected chi connectivity index (χ0v) is 8.61. The van der Waals surface area contributed by atoms with Crippen molar-refractivity contribution in [2.24, 2.45) is 11.8 Å². The Kier molecular flexibility index (Phi) is 2.87. The quantitative estimate of drug-likeness (QED) is 0.487. The van der Waals surface area contributed by atoms with E-state index in [1.54, 1.807) is 0 Å². The summed E-state index contributed by atoms with van der Waals surface area (Å²) in [5, 5.41) is 0. The van der Waals surface area contributed by atoms with Crippen molar-refractivity contribution in [3.8, 4) is 0 Å². The fourth-order valence-corrected chi connectivity index (χ4v) is 2.49. The van der Waals surface area contributed by atoms with E-state index in [0.29, 0.717) is 6.54 Å². The molecule has 2 atom stereocenters. The van der Waals surface area contributed by atoms with Gasteiger partial charge in [0.1, 0.15) is 0 Å². The molecule has 1 saturated heterocycles. The maximum atomic E-state index is 11.1. The van der Waals surface area contributed by atoms with Crippen molar-refractivity contribution in [1.82, 2.24) is 4.90 Å². The van der Waals surface area contributed by atoms with Crippen LogP contribution in [0.5, 0.6) is 0 Å². The lowest BCUT2D eigenvalue weighted by molar-refractivity contribution is -0.141. The van der Waals surface area contributed by atoms with Gasteiger partial charge in [0.15, 0.2) is 0 Å². The molecule has 0 aromatic heterocycles. The predicted molar refractivity (Wildman–Crippen MR) is 53.8 cm³/mol. The van der Waals surface area contributed by atoms with E-state index in [2.05, 4.69) is 21.8 Å². The van der Waals surface area contributed by atoms with Crippen LogP contribution in [0.15, 0.2) is 12.2 Å². The minimum absolute atomic E-state index is 0.114. The molecule has 1 heterocycles. The van der Waals surface area contributed by atoms with Gasteiger partial charge in [-0.2, -0.15) is 0 Å². The third-order valence-electron chi connectivity index (χ3n) is 3.28. The number of ether oxygens (including phenoxy) is 1. The number of carbonyl (C=O) groups is 1. The van der Waals surface area contributed by atoms with Crippen LogP contribution in [0.2, 0.25) is 0 Å². The standard InChI is InChI=1S/C11H17NO2/c1-14-11(13)8-12-6-9-4-2-3-5-10(9)7-12/h2-3,9-10H,4-8H2,1H3/t9-,10+. The van der Waals surface area contributed by atoms with Crippen molar-refractivity contribution in [1.29, 1.82) is 0 Å². The van der Waals surface area contributed by atoms with Crippen LogP contribution in [0.4, 0.5) is 0 Å². The van der Waals surface area contributed by atoms with Crippen LogP contribution in [0.25, 0.3) is 0 Å². The number of hydrogen-bond acceptors (Lipinski definition) is 3. The first kappa shape index (κ1) is 9.71. The summed E-state index contributed by atoms with van der Waals surface area (Å²) in [4.78, 5) is 13.3. The van der Waals surface area contributed by atoms with Gasteiger partial charge in [-0.1, -0.05) is 12.2 Å². The SMILES string of the molecule is COC(=O)CN1C[C@H]2CC=CC[C@H]2C1. The van der Waals surface area contributed by atoms with E-state index in [1.165, 1.54) is 20.0 Å². The molecule has 2 rings (SSSR count). The lowest BCUT2D eigenvalue weighted by atomic mass is 9.86. The second-order valence-corrected chi connectivity index (χ2v) is 4.23.